The van der Waals surface area contributed by atoms with Gasteiger partial charge in [-0.15, -0.1) is 0 Å². The van der Waals surface area contributed by atoms with Gasteiger partial charge in [0.1, 0.15) is 17.5 Å². The van der Waals surface area contributed by atoms with Gasteiger partial charge in [-0.2, -0.15) is 0 Å². The molecular formula is C16H21ClN4. The first-order chi connectivity index (χ1) is 10.1. The fourth-order valence-corrected chi connectivity index (χ4v) is 2.15. The van der Waals surface area contributed by atoms with E-state index >= 15 is 0 Å². The van der Waals surface area contributed by atoms with Crippen LogP contribution in [0.4, 0.5) is 17.3 Å². The fraction of sp³-hybridized carbons (Fsp3) is 0.375. The van der Waals surface area contributed by atoms with E-state index < -0.39 is 0 Å². The fourth-order valence-electron chi connectivity index (χ4n) is 1.98. The van der Waals surface area contributed by atoms with Crippen LogP contribution < -0.4 is 10.6 Å². The summed E-state index contributed by atoms with van der Waals surface area (Å²) >= 11 is 6.04. The van der Waals surface area contributed by atoms with Crippen molar-refractivity contribution in [3.8, 4) is 0 Å². The molecule has 2 N–H and O–H groups in total. The minimum Gasteiger partial charge on any atom is -0.370 e. The maximum Gasteiger partial charge on any atom is 0.136 e. The number of hydrogen-bond donors (Lipinski definition) is 2. The van der Waals surface area contributed by atoms with Crippen molar-refractivity contribution in [3.05, 3.63) is 40.7 Å². The monoisotopic (exact) mass is 304 g/mol. The van der Waals surface area contributed by atoms with E-state index in [9.17, 15) is 0 Å². The topological polar surface area (TPSA) is 49.8 Å². The lowest BCUT2D eigenvalue weighted by atomic mass is 10.2. The molecule has 112 valence electrons. The molecule has 0 aliphatic carbocycles. The number of benzene rings is 1. The molecule has 0 fully saturated rings. The van der Waals surface area contributed by atoms with Crippen molar-refractivity contribution >= 4 is 28.9 Å². The molecule has 0 unspecified atom stereocenters. The second-order valence-electron chi connectivity index (χ2n) is 5.05. The third-order valence-electron chi connectivity index (χ3n) is 3.14. The summed E-state index contributed by atoms with van der Waals surface area (Å²) in [6, 6.07) is 7.69. The number of nitrogens with zero attached hydrogens (tertiary/aromatic N) is 2. The van der Waals surface area contributed by atoms with Crippen LogP contribution in [0.1, 0.15) is 31.2 Å². The number of unbranched alkanes of at least 4 members (excludes halogenated alkanes) is 1. The van der Waals surface area contributed by atoms with Crippen LogP contribution >= 0.6 is 11.6 Å². The molecule has 0 atom stereocenters. The average molecular weight is 305 g/mol. The van der Waals surface area contributed by atoms with Crippen molar-refractivity contribution in [1.29, 1.82) is 0 Å². The van der Waals surface area contributed by atoms with Crippen LogP contribution in [0, 0.1) is 13.8 Å². The van der Waals surface area contributed by atoms with Crippen LogP contribution in [0.15, 0.2) is 24.3 Å². The molecule has 0 saturated carbocycles. The Morgan fingerprint density at radius 3 is 2.62 bits per heavy atom. The van der Waals surface area contributed by atoms with Gasteiger partial charge in [0.15, 0.2) is 0 Å². The van der Waals surface area contributed by atoms with Gasteiger partial charge in [-0.1, -0.05) is 31.0 Å². The van der Waals surface area contributed by atoms with Gasteiger partial charge in [0.05, 0.1) is 0 Å². The maximum absolute atomic E-state index is 6.04. The Morgan fingerprint density at radius 2 is 1.86 bits per heavy atom. The van der Waals surface area contributed by atoms with E-state index in [-0.39, 0.29) is 0 Å². The number of rotatable bonds is 6. The molecular weight excluding hydrogens is 284 g/mol. The van der Waals surface area contributed by atoms with Crippen LogP contribution in [-0.4, -0.2) is 16.5 Å². The van der Waals surface area contributed by atoms with Crippen molar-refractivity contribution in [1.82, 2.24) is 9.97 Å². The average Bonchev–Trinajstić information content (AvgIpc) is 2.43. The standard InChI is InChI=1S/C16H21ClN4/c1-4-5-8-18-15-10-16(20-12(3)19-15)21-14-9-13(17)7-6-11(14)2/h6-7,9-10H,4-5,8H2,1-3H3,(H2,18,19,20,21). The molecule has 4 nitrogen and oxygen atoms in total. The zero-order valence-corrected chi connectivity index (χ0v) is 13.5. The van der Waals surface area contributed by atoms with Crippen molar-refractivity contribution in [2.45, 2.75) is 33.6 Å². The number of nitrogens with one attached hydrogen (secondary N) is 2. The Kier molecular flexibility index (Phi) is 5.39. The van der Waals surface area contributed by atoms with E-state index in [1.54, 1.807) is 0 Å². The molecule has 2 aromatic rings. The predicted molar refractivity (Wildman–Crippen MR) is 89.6 cm³/mol. The number of anilines is 3. The SMILES string of the molecule is CCCCNc1cc(Nc2cc(Cl)ccc2C)nc(C)n1. The van der Waals surface area contributed by atoms with Gasteiger partial charge in [-0.3, -0.25) is 0 Å². The van der Waals surface area contributed by atoms with Gasteiger partial charge < -0.3 is 10.6 Å². The number of halogens is 1. The van der Waals surface area contributed by atoms with Crippen LogP contribution in [0.25, 0.3) is 0 Å². The summed E-state index contributed by atoms with van der Waals surface area (Å²) in [6.45, 7) is 7.01. The highest BCUT2D eigenvalue weighted by Crippen LogP contribution is 2.24. The molecule has 0 bridgehead atoms. The third-order valence-corrected chi connectivity index (χ3v) is 3.37. The number of aryl methyl sites for hydroxylation is 2. The molecule has 1 heterocycles. The van der Waals surface area contributed by atoms with Crippen molar-refractivity contribution < 1.29 is 0 Å². The minimum atomic E-state index is 0.704. The van der Waals surface area contributed by atoms with Crippen LogP contribution in [0.5, 0.6) is 0 Å². The quantitative estimate of drug-likeness (QED) is 0.759. The molecule has 0 spiro atoms. The highest BCUT2D eigenvalue weighted by molar-refractivity contribution is 6.30. The van der Waals surface area contributed by atoms with Gasteiger partial charge >= 0.3 is 0 Å². The zero-order valence-electron chi connectivity index (χ0n) is 12.7. The summed E-state index contributed by atoms with van der Waals surface area (Å²) < 4.78 is 0. The molecule has 1 aromatic carbocycles. The zero-order chi connectivity index (χ0) is 15.2. The predicted octanol–water partition coefficient (Wildman–Crippen LogP) is 4.70. The highest BCUT2D eigenvalue weighted by atomic mass is 35.5. The molecule has 0 amide bonds. The molecule has 0 radical (unpaired) electrons. The van der Waals surface area contributed by atoms with Crippen molar-refractivity contribution in [2.24, 2.45) is 0 Å². The number of hydrogen-bond acceptors (Lipinski definition) is 4. The first-order valence-electron chi connectivity index (χ1n) is 7.21. The molecule has 21 heavy (non-hydrogen) atoms. The summed E-state index contributed by atoms with van der Waals surface area (Å²) in [4.78, 5) is 8.82. The van der Waals surface area contributed by atoms with E-state index in [2.05, 4.69) is 27.5 Å². The van der Waals surface area contributed by atoms with Crippen molar-refractivity contribution in [3.63, 3.8) is 0 Å². The van der Waals surface area contributed by atoms with Crippen molar-refractivity contribution in [2.75, 3.05) is 17.2 Å². The van der Waals surface area contributed by atoms with E-state index in [0.717, 1.165) is 48.1 Å². The summed E-state index contributed by atoms with van der Waals surface area (Å²) in [5.74, 6) is 2.35. The number of aromatic nitrogens is 2. The largest absolute Gasteiger partial charge is 0.370 e. The second-order valence-corrected chi connectivity index (χ2v) is 5.49. The molecule has 0 aliphatic heterocycles. The van der Waals surface area contributed by atoms with Crippen LogP contribution in [0.2, 0.25) is 5.02 Å². The highest BCUT2D eigenvalue weighted by Gasteiger charge is 2.05. The van der Waals surface area contributed by atoms with Gasteiger partial charge in [0.25, 0.3) is 0 Å². The van der Waals surface area contributed by atoms with Crippen LogP contribution in [-0.2, 0) is 0 Å². The lowest BCUT2D eigenvalue weighted by Crippen LogP contribution is -2.06. The van der Waals surface area contributed by atoms with E-state index in [0.29, 0.717) is 5.02 Å². The molecule has 0 aliphatic rings. The molecule has 5 heteroatoms. The lowest BCUT2D eigenvalue weighted by Gasteiger charge is -2.12. The first kappa shape index (κ1) is 15.6. The summed E-state index contributed by atoms with van der Waals surface area (Å²) in [5, 5.41) is 7.33. The summed E-state index contributed by atoms with van der Waals surface area (Å²) in [7, 11) is 0. The van der Waals surface area contributed by atoms with Crippen LogP contribution in [0.3, 0.4) is 0 Å². The van der Waals surface area contributed by atoms with Gasteiger partial charge in [-0.05, 0) is 38.0 Å². The Morgan fingerprint density at radius 1 is 1.10 bits per heavy atom. The summed E-state index contributed by atoms with van der Waals surface area (Å²) in [6.07, 6.45) is 2.28. The lowest BCUT2D eigenvalue weighted by molar-refractivity contribution is 0.829. The normalized spacial score (nSPS) is 10.5. The minimum absolute atomic E-state index is 0.704. The summed E-state index contributed by atoms with van der Waals surface area (Å²) in [5.41, 5.74) is 2.08. The molecule has 1 aromatic heterocycles. The first-order valence-corrected chi connectivity index (χ1v) is 7.59. The van der Waals surface area contributed by atoms with Gasteiger partial charge in [0, 0.05) is 23.3 Å². The van der Waals surface area contributed by atoms with Gasteiger partial charge in [-0.25, -0.2) is 9.97 Å². The van der Waals surface area contributed by atoms with E-state index in [4.69, 9.17) is 11.6 Å². The Balaban J connectivity index is 2.17. The van der Waals surface area contributed by atoms with E-state index in [1.807, 2.05) is 38.1 Å². The Labute approximate surface area is 131 Å². The third kappa shape index (κ3) is 4.60. The molecule has 0 saturated heterocycles. The Hall–Kier alpha value is -1.81. The van der Waals surface area contributed by atoms with E-state index in [1.165, 1.54) is 0 Å². The molecule has 2 rings (SSSR count). The smallest absolute Gasteiger partial charge is 0.136 e. The maximum atomic E-state index is 6.04. The van der Waals surface area contributed by atoms with Gasteiger partial charge in [0.2, 0.25) is 0 Å². The second kappa shape index (κ2) is 7.27. The Bertz CT molecular complexity index is 613.